The molecule has 4 nitrogen and oxygen atoms in total. The van der Waals surface area contributed by atoms with Crippen LogP contribution in [0.4, 0.5) is 6.01 Å². The van der Waals surface area contributed by atoms with Crippen molar-refractivity contribution in [3.63, 3.8) is 0 Å². The van der Waals surface area contributed by atoms with Crippen LogP contribution in [0.25, 0.3) is 0 Å². The summed E-state index contributed by atoms with van der Waals surface area (Å²) in [4.78, 5) is 6.52. The molecule has 0 bridgehead atoms. The first-order valence-corrected chi connectivity index (χ1v) is 5.19. The highest BCUT2D eigenvalue weighted by molar-refractivity contribution is 5.27. The van der Waals surface area contributed by atoms with E-state index in [4.69, 9.17) is 10.2 Å². The van der Waals surface area contributed by atoms with E-state index in [1.54, 1.807) is 6.26 Å². The highest BCUT2D eigenvalue weighted by Crippen LogP contribution is 2.21. The molecule has 0 aromatic carbocycles. The van der Waals surface area contributed by atoms with Gasteiger partial charge in [-0.3, -0.25) is 0 Å². The molecule has 0 amide bonds. The van der Waals surface area contributed by atoms with E-state index in [-0.39, 0.29) is 0 Å². The van der Waals surface area contributed by atoms with Crippen LogP contribution >= 0.6 is 0 Å². The second-order valence-corrected chi connectivity index (χ2v) is 4.02. The topological polar surface area (TPSA) is 55.3 Å². The van der Waals surface area contributed by atoms with E-state index in [9.17, 15) is 0 Å². The Kier molecular flexibility index (Phi) is 2.72. The Labute approximate surface area is 84.1 Å². The van der Waals surface area contributed by atoms with Crippen molar-refractivity contribution >= 4 is 6.01 Å². The maximum atomic E-state index is 5.48. The Morgan fingerprint density at radius 2 is 2.57 bits per heavy atom. The van der Waals surface area contributed by atoms with Crippen LogP contribution in [0.3, 0.4) is 0 Å². The smallest absolute Gasteiger partial charge is 0.297 e. The van der Waals surface area contributed by atoms with Gasteiger partial charge in [0.15, 0.2) is 0 Å². The Bertz CT molecular complexity index is 297. The average Bonchev–Trinajstić information content (AvgIpc) is 2.66. The summed E-state index contributed by atoms with van der Waals surface area (Å²) in [5.41, 5.74) is 6.31. The largest absolute Gasteiger partial charge is 0.432 e. The molecule has 2 N–H and O–H groups in total. The molecular weight excluding hydrogens is 178 g/mol. The minimum atomic E-state index is 0.451. The Morgan fingerprint density at radius 3 is 3.21 bits per heavy atom. The minimum Gasteiger partial charge on any atom is -0.432 e. The lowest BCUT2D eigenvalue weighted by molar-refractivity contribution is 0.416. The summed E-state index contributed by atoms with van der Waals surface area (Å²) in [6.07, 6.45) is 4.18. The van der Waals surface area contributed by atoms with Crippen LogP contribution in [0.15, 0.2) is 10.7 Å². The van der Waals surface area contributed by atoms with Gasteiger partial charge in [-0.25, -0.2) is 0 Å². The van der Waals surface area contributed by atoms with Gasteiger partial charge in [0.2, 0.25) is 0 Å². The van der Waals surface area contributed by atoms with Crippen molar-refractivity contribution in [2.75, 3.05) is 18.0 Å². The predicted molar refractivity (Wildman–Crippen MR) is 55.0 cm³/mol. The molecule has 1 aromatic rings. The third-order valence-electron chi connectivity index (χ3n) is 2.68. The Morgan fingerprint density at radius 1 is 1.71 bits per heavy atom. The molecule has 2 rings (SSSR count). The van der Waals surface area contributed by atoms with Crippen molar-refractivity contribution in [2.45, 2.75) is 26.3 Å². The quantitative estimate of drug-likeness (QED) is 0.774. The number of aromatic nitrogens is 1. The van der Waals surface area contributed by atoms with E-state index in [0.717, 1.165) is 30.7 Å². The lowest BCUT2D eigenvalue weighted by Crippen LogP contribution is -2.34. The van der Waals surface area contributed by atoms with E-state index in [0.29, 0.717) is 6.54 Å². The molecule has 0 aliphatic carbocycles. The molecule has 2 heterocycles. The van der Waals surface area contributed by atoms with Gasteiger partial charge in [0, 0.05) is 19.6 Å². The van der Waals surface area contributed by atoms with Gasteiger partial charge in [0.1, 0.15) is 6.26 Å². The summed E-state index contributed by atoms with van der Waals surface area (Å²) in [5, 5.41) is 0. The SMILES string of the molecule is CC1CCCN(c2nc(CN)co2)C1. The summed E-state index contributed by atoms with van der Waals surface area (Å²) in [7, 11) is 0. The number of nitrogens with two attached hydrogens (primary N) is 1. The van der Waals surface area contributed by atoms with E-state index in [1.807, 2.05) is 0 Å². The van der Waals surface area contributed by atoms with Gasteiger partial charge in [0.05, 0.1) is 5.69 Å². The molecule has 1 aliphatic heterocycles. The van der Waals surface area contributed by atoms with Crippen molar-refractivity contribution in [1.82, 2.24) is 4.98 Å². The fourth-order valence-corrected chi connectivity index (χ4v) is 1.90. The number of hydrogen-bond acceptors (Lipinski definition) is 4. The Balaban J connectivity index is 2.06. The van der Waals surface area contributed by atoms with Crippen molar-refractivity contribution in [1.29, 1.82) is 0 Å². The third-order valence-corrected chi connectivity index (χ3v) is 2.68. The summed E-state index contributed by atoms with van der Waals surface area (Å²) in [6, 6.07) is 0.733. The van der Waals surface area contributed by atoms with Crippen molar-refractivity contribution in [3.8, 4) is 0 Å². The fraction of sp³-hybridized carbons (Fsp3) is 0.700. The molecule has 0 radical (unpaired) electrons. The molecule has 14 heavy (non-hydrogen) atoms. The molecule has 4 heteroatoms. The molecule has 1 unspecified atom stereocenters. The van der Waals surface area contributed by atoms with Crippen molar-refractivity contribution in [2.24, 2.45) is 11.7 Å². The molecule has 0 spiro atoms. The minimum absolute atomic E-state index is 0.451. The average molecular weight is 195 g/mol. The third kappa shape index (κ3) is 1.90. The predicted octanol–water partition coefficient (Wildman–Crippen LogP) is 1.37. The number of piperidine rings is 1. The van der Waals surface area contributed by atoms with Crippen LogP contribution in [0, 0.1) is 5.92 Å². The lowest BCUT2D eigenvalue weighted by atomic mass is 10.0. The van der Waals surface area contributed by atoms with Gasteiger partial charge in [0.25, 0.3) is 6.01 Å². The number of rotatable bonds is 2. The van der Waals surface area contributed by atoms with Crippen LogP contribution in [-0.2, 0) is 6.54 Å². The number of anilines is 1. The van der Waals surface area contributed by atoms with Crippen LogP contribution in [0.5, 0.6) is 0 Å². The zero-order valence-electron chi connectivity index (χ0n) is 8.57. The molecule has 1 atom stereocenters. The van der Waals surface area contributed by atoms with Gasteiger partial charge in [-0.2, -0.15) is 4.98 Å². The van der Waals surface area contributed by atoms with Gasteiger partial charge in [-0.05, 0) is 18.8 Å². The molecule has 1 fully saturated rings. The molecule has 78 valence electrons. The summed E-state index contributed by atoms with van der Waals surface area (Å²) in [5.74, 6) is 0.733. The fourth-order valence-electron chi connectivity index (χ4n) is 1.90. The molecular formula is C10H17N3O. The van der Waals surface area contributed by atoms with Crippen molar-refractivity contribution in [3.05, 3.63) is 12.0 Å². The van der Waals surface area contributed by atoms with Gasteiger partial charge < -0.3 is 15.1 Å². The number of nitrogens with zero attached hydrogens (tertiary/aromatic N) is 2. The van der Waals surface area contributed by atoms with E-state index < -0.39 is 0 Å². The van der Waals surface area contributed by atoms with Crippen LogP contribution in [0.1, 0.15) is 25.5 Å². The normalized spacial score (nSPS) is 22.7. The highest BCUT2D eigenvalue weighted by Gasteiger charge is 2.19. The first-order valence-electron chi connectivity index (χ1n) is 5.19. The second-order valence-electron chi connectivity index (χ2n) is 4.02. The first-order chi connectivity index (χ1) is 6.79. The van der Waals surface area contributed by atoms with E-state index in [2.05, 4.69) is 16.8 Å². The number of hydrogen-bond donors (Lipinski definition) is 1. The van der Waals surface area contributed by atoms with Gasteiger partial charge >= 0.3 is 0 Å². The van der Waals surface area contributed by atoms with Crippen LogP contribution in [0.2, 0.25) is 0 Å². The van der Waals surface area contributed by atoms with Crippen LogP contribution in [-0.4, -0.2) is 18.1 Å². The lowest BCUT2D eigenvalue weighted by Gasteiger charge is -2.29. The summed E-state index contributed by atoms with van der Waals surface area (Å²) in [6.45, 7) is 4.81. The maximum Gasteiger partial charge on any atom is 0.297 e. The van der Waals surface area contributed by atoms with Crippen LogP contribution < -0.4 is 10.6 Å². The molecule has 0 saturated carbocycles. The summed E-state index contributed by atoms with van der Waals surface area (Å²) >= 11 is 0. The summed E-state index contributed by atoms with van der Waals surface area (Å²) < 4.78 is 5.38. The van der Waals surface area contributed by atoms with Crippen molar-refractivity contribution < 1.29 is 4.42 Å². The first kappa shape index (κ1) is 9.52. The number of oxazole rings is 1. The Hall–Kier alpha value is -1.03. The second kappa shape index (κ2) is 4.00. The molecule has 1 saturated heterocycles. The monoisotopic (exact) mass is 195 g/mol. The van der Waals surface area contributed by atoms with Gasteiger partial charge in [-0.15, -0.1) is 0 Å². The zero-order chi connectivity index (χ0) is 9.97. The molecule has 1 aliphatic rings. The van der Waals surface area contributed by atoms with Gasteiger partial charge in [-0.1, -0.05) is 6.92 Å². The standard InChI is InChI=1S/C10H17N3O/c1-8-3-2-4-13(6-8)10-12-9(5-11)7-14-10/h7-8H,2-6,11H2,1H3. The zero-order valence-corrected chi connectivity index (χ0v) is 8.57. The molecule has 1 aromatic heterocycles. The maximum absolute atomic E-state index is 5.48. The van der Waals surface area contributed by atoms with E-state index >= 15 is 0 Å². The highest BCUT2D eigenvalue weighted by atomic mass is 16.4. The van der Waals surface area contributed by atoms with E-state index in [1.165, 1.54) is 12.8 Å².